The number of hydrogen-bond donors (Lipinski definition) is 1. The molecular weight excluding hydrogens is 253 g/mol. The van der Waals surface area contributed by atoms with Gasteiger partial charge in [-0.3, -0.25) is 0 Å². The molecule has 0 heterocycles. The standard InChI is InChI=1S/C17H20FNO/c1-12(2)13-6-5-7-14(10-13)20-17(11-19)15-8-3-4-9-16(15)18/h3-10,12,17H,11,19H2,1-2H3. The topological polar surface area (TPSA) is 35.2 Å². The van der Waals surface area contributed by atoms with Crippen molar-refractivity contribution < 1.29 is 9.13 Å². The smallest absolute Gasteiger partial charge is 0.139 e. The Labute approximate surface area is 119 Å². The summed E-state index contributed by atoms with van der Waals surface area (Å²) < 4.78 is 19.7. The molecule has 0 spiro atoms. The van der Waals surface area contributed by atoms with Gasteiger partial charge in [-0.1, -0.05) is 44.2 Å². The third kappa shape index (κ3) is 3.36. The fourth-order valence-corrected chi connectivity index (χ4v) is 2.09. The van der Waals surface area contributed by atoms with E-state index in [2.05, 4.69) is 19.9 Å². The van der Waals surface area contributed by atoms with Crippen LogP contribution in [0.2, 0.25) is 0 Å². The van der Waals surface area contributed by atoms with Gasteiger partial charge in [0.15, 0.2) is 0 Å². The lowest BCUT2D eigenvalue weighted by Gasteiger charge is -2.19. The summed E-state index contributed by atoms with van der Waals surface area (Å²) in [4.78, 5) is 0. The van der Waals surface area contributed by atoms with Gasteiger partial charge in [-0.2, -0.15) is 0 Å². The van der Waals surface area contributed by atoms with Gasteiger partial charge in [0.25, 0.3) is 0 Å². The zero-order valence-corrected chi connectivity index (χ0v) is 11.8. The molecule has 0 saturated heterocycles. The van der Waals surface area contributed by atoms with E-state index in [1.165, 1.54) is 11.6 Å². The summed E-state index contributed by atoms with van der Waals surface area (Å²) in [5.41, 5.74) is 7.41. The van der Waals surface area contributed by atoms with Crippen LogP contribution in [0.5, 0.6) is 5.75 Å². The minimum absolute atomic E-state index is 0.229. The van der Waals surface area contributed by atoms with Gasteiger partial charge in [0.05, 0.1) is 0 Å². The van der Waals surface area contributed by atoms with Gasteiger partial charge in [0.2, 0.25) is 0 Å². The lowest BCUT2D eigenvalue weighted by atomic mass is 10.0. The van der Waals surface area contributed by atoms with Crippen LogP contribution in [-0.2, 0) is 0 Å². The molecule has 0 radical (unpaired) electrons. The molecule has 0 bridgehead atoms. The van der Waals surface area contributed by atoms with Crippen LogP contribution in [0.15, 0.2) is 48.5 Å². The molecule has 0 saturated carbocycles. The summed E-state index contributed by atoms with van der Waals surface area (Å²) in [6.45, 7) is 4.47. The Bertz CT molecular complexity index is 568. The Morgan fingerprint density at radius 1 is 1.10 bits per heavy atom. The fraction of sp³-hybridized carbons (Fsp3) is 0.294. The zero-order chi connectivity index (χ0) is 14.5. The summed E-state index contributed by atoms with van der Waals surface area (Å²) >= 11 is 0. The lowest BCUT2D eigenvalue weighted by molar-refractivity contribution is 0.209. The number of rotatable bonds is 5. The van der Waals surface area contributed by atoms with Gasteiger partial charge in [0, 0.05) is 12.1 Å². The van der Waals surface area contributed by atoms with Crippen molar-refractivity contribution in [2.75, 3.05) is 6.54 Å². The second-order valence-electron chi connectivity index (χ2n) is 5.09. The summed E-state index contributed by atoms with van der Waals surface area (Å²) in [5.74, 6) is 0.848. The first-order valence-electron chi connectivity index (χ1n) is 6.83. The number of halogens is 1. The van der Waals surface area contributed by atoms with Crippen molar-refractivity contribution in [3.63, 3.8) is 0 Å². The number of benzene rings is 2. The fourth-order valence-electron chi connectivity index (χ4n) is 2.09. The van der Waals surface area contributed by atoms with E-state index in [0.29, 0.717) is 11.5 Å². The van der Waals surface area contributed by atoms with E-state index in [4.69, 9.17) is 10.5 Å². The predicted molar refractivity (Wildman–Crippen MR) is 79.4 cm³/mol. The van der Waals surface area contributed by atoms with Gasteiger partial charge in [-0.25, -0.2) is 4.39 Å². The summed E-state index contributed by atoms with van der Waals surface area (Å²) in [5, 5.41) is 0. The molecule has 1 atom stereocenters. The van der Waals surface area contributed by atoms with Crippen molar-refractivity contribution in [3.8, 4) is 5.75 Å². The molecule has 2 aromatic carbocycles. The molecule has 0 aromatic heterocycles. The van der Waals surface area contributed by atoms with Crippen LogP contribution in [0.1, 0.15) is 37.0 Å². The second kappa shape index (κ2) is 6.53. The molecule has 0 aliphatic heterocycles. The highest BCUT2D eigenvalue weighted by atomic mass is 19.1. The quantitative estimate of drug-likeness (QED) is 0.892. The van der Waals surface area contributed by atoms with E-state index < -0.39 is 6.10 Å². The Kier molecular flexibility index (Phi) is 4.74. The average molecular weight is 273 g/mol. The Morgan fingerprint density at radius 3 is 2.50 bits per heavy atom. The highest BCUT2D eigenvalue weighted by molar-refractivity contribution is 5.31. The summed E-state index contributed by atoms with van der Waals surface area (Å²) in [6.07, 6.45) is -0.474. The highest BCUT2D eigenvalue weighted by Crippen LogP contribution is 2.26. The van der Waals surface area contributed by atoms with Crippen LogP contribution >= 0.6 is 0 Å². The van der Waals surface area contributed by atoms with E-state index >= 15 is 0 Å². The minimum Gasteiger partial charge on any atom is -0.484 e. The largest absolute Gasteiger partial charge is 0.484 e. The summed E-state index contributed by atoms with van der Waals surface area (Å²) in [6, 6.07) is 14.4. The number of hydrogen-bond acceptors (Lipinski definition) is 2. The maximum Gasteiger partial charge on any atom is 0.139 e. The lowest BCUT2D eigenvalue weighted by Crippen LogP contribution is -2.19. The molecule has 1 unspecified atom stereocenters. The van der Waals surface area contributed by atoms with E-state index in [1.807, 2.05) is 18.2 Å². The number of ether oxygens (including phenoxy) is 1. The van der Waals surface area contributed by atoms with Crippen LogP contribution in [0.25, 0.3) is 0 Å². The Hall–Kier alpha value is -1.87. The zero-order valence-electron chi connectivity index (χ0n) is 11.8. The molecular formula is C17H20FNO. The van der Waals surface area contributed by atoms with Crippen molar-refractivity contribution in [1.29, 1.82) is 0 Å². The first-order chi connectivity index (χ1) is 9.61. The monoisotopic (exact) mass is 273 g/mol. The van der Waals surface area contributed by atoms with Gasteiger partial charge in [-0.15, -0.1) is 0 Å². The molecule has 0 aliphatic carbocycles. The van der Waals surface area contributed by atoms with E-state index in [1.54, 1.807) is 18.2 Å². The number of nitrogens with two attached hydrogens (primary N) is 1. The van der Waals surface area contributed by atoms with Gasteiger partial charge in [0.1, 0.15) is 17.7 Å². The third-order valence-electron chi connectivity index (χ3n) is 3.27. The van der Waals surface area contributed by atoms with Crippen LogP contribution in [0, 0.1) is 5.82 Å². The molecule has 20 heavy (non-hydrogen) atoms. The normalized spacial score (nSPS) is 12.4. The molecule has 106 valence electrons. The second-order valence-corrected chi connectivity index (χ2v) is 5.09. The Morgan fingerprint density at radius 2 is 1.85 bits per heavy atom. The van der Waals surface area contributed by atoms with E-state index in [9.17, 15) is 4.39 Å². The van der Waals surface area contributed by atoms with Crippen LogP contribution < -0.4 is 10.5 Å². The van der Waals surface area contributed by atoms with Gasteiger partial charge in [-0.05, 0) is 29.7 Å². The van der Waals surface area contributed by atoms with Crippen LogP contribution in [-0.4, -0.2) is 6.54 Å². The van der Waals surface area contributed by atoms with Crippen molar-refractivity contribution in [1.82, 2.24) is 0 Å². The van der Waals surface area contributed by atoms with Gasteiger partial charge < -0.3 is 10.5 Å². The van der Waals surface area contributed by atoms with Crippen LogP contribution in [0.4, 0.5) is 4.39 Å². The van der Waals surface area contributed by atoms with Crippen molar-refractivity contribution in [3.05, 3.63) is 65.5 Å². The molecule has 2 rings (SSSR count). The molecule has 2 aromatic rings. The third-order valence-corrected chi connectivity index (χ3v) is 3.27. The highest BCUT2D eigenvalue weighted by Gasteiger charge is 2.15. The average Bonchev–Trinajstić information content (AvgIpc) is 2.46. The first-order valence-corrected chi connectivity index (χ1v) is 6.83. The minimum atomic E-state index is -0.474. The molecule has 0 amide bonds. The predicted octanol–water partition coefficient (Wildman–Crippen LogP) is 4.03. The molecule has 0 fully saturated rings. The molecule has 2 N–H and O–H groups in total. The van der Waals surface area contributed by atoms with Crippen molar-refractivity contribution in [2.45, 2.75) is 25.9 Å². The van der Waals surface area contributed by atoms with E-state index in [0.717, 1.165) is 5.75 Å². The van der Waals surface area contributed by atoms with E-state index in [-0.39, 0.29) is 12.4 Å². The molecule has 2 nitrogen and oxygen atoms in total. The molecule has 0 aliphatic rings. The molecule has 3 heteroatoms. The van der Waals surface area contributed by atoms with Crippen LogP contribution in [0.3, 0.4) is 0 Å². The summed E-state index contributed by atoms with van der Waals surface area (Å²) in [7, 11) is 0. The van der Waals surface area contributed by atoms with Crippen molar-refractivity contribution >= 4 is 0 Å². The first kappa shape index (κ1) is 14.5. The SMILES string of the molecule is CC(C)c1cccc(OC(CN)c2ccccc2F)c1. The van der Waals surface area contributed by atoms with Gasteiger partial charge >= 0.3 is 0 Å². The maximum atomic E-state index is 13.8. The maximum absolute atomic E-state index is 13.8. The van der Waals surface area contributed by atoms with Crippen molar-refractivity contribution in [2.24, 2.45) is 5.73 Å². The Balaban J connectivity index is 2.23.